The number of nitrogens with zero attached hydrogens (tertiary/aromatic N) is 2. The standard InChI is InChI=1S/C13H9ClN2S2/c14-12-6-5-9(7-15-12)8-17-13-16-10-3-1-2-4-11(10)18-13/h1-7H,8H2. The van der Waals surface area contributed by atoms with Gasteiger partial charge in [-0.25, -0.2) is 9.97 Å². The topological polar surface area (TPSA) is 25.8 Å². The first-order valence-corrected chi connectivity index (χ1v) is 7.58. The highest BCUT2D eigenvalue weighted by Gasteiger charge is 2.04. The summed E-state index contributed by atoms with van der Waals surface area (Å²) in [4.78, 5) is 8.65. The molecule has 0 unspecified atom stereocenters. The van der Waals surface area contributed by atoms with Crippen LogP contribution in [-0.2, 0) is 5.75 Å². The highest BCUT2D eigenvalue weighted by atomic mass is 35.5. The summed E-state index contributed by atoms with van der Waals surface area (Å²) in [5.74, 6) is 0.865. The Morgan fingerprint density at radius 1 is 1.17 bits per heavy atom. The quantitative estimate of drug-likeness (QED) is 0.520. The van der Waals surface area contributed by atoms with E-state index in [9.17, 15) is 0 Å². The predicted molar refractivity (Wildman–Crippen MR) is 78.4 cm³/mol. The molecule has 0 aliphatic rings. The molecule has 0 saturated heterocycles. The van der Waals surface area contributed by atoms with E-state index in [1.54, 1.807) is 23.1 Å². The van der Waals surface area contributed by atoms with Gasteiger partial charge in [-0.2, -0.15) is 0 Å². The van der Waals surface area contributed by atoms with Gasteiger partial charge in [0.2, 0.25) is 0 Å². The maximum Gasteiger partial charge on any atom is 0.151 e. The average molecular weight is 293 g/mol. The van der Waals surface area contributed by atoms with Gasteiger partial charge >= 0.3 is 0 Å². The number of thioether (sulfide) groups is 1. The number of halogens is 1. The summed E-state index contributed by atoms with van der Waals surface area (Å²) in [6.45, 7) is 0. The number of hydrogen-bond acceptors (Lipinski definition) is 4. The Balaban J connectivity index is 1.74. The van der Waals surface area contributed by atoms with Gasteiger partial charge in [0, 0.05) is 11.9 Å². The molecular formula is C13H9ClN2S2. The fraction of sp³-hybridized carbons (Fsp3) is 0.0769. The number of aromatic nitrogens is 2. The molecule has 0 spiro atoms. The predicted octanol–water partition coefficient (Wildman–Crippen LogP) is 4.64. The monoisotopic (exact) mass is 292 g/mol. The third kappa shape index (κ3) is 2.66. The van der Waals surface area contributed by atoms with Gasteiger partial charge in [-0.15, -0.1) is 11.3 Å². The normalized spacial score (nSPS) is 10.9. The lowest BCUT2D eigenvalue weighted by Crippen LogP contribution is -1.82. The van der Waals surface area contributed by atoms with Crippen molar-refractivity contribution in [3.63, 3.8) is 0 Å². The summed E-state index contributed by atoms with van der Waals surface area (Å²) < 4.78 is 2.32. The molecule has 18 heavy (non-hydrogen) atoms. The van der Waals surface area contributed by atoms with Crippen molar-refractivity contribution in [1.29, 1.82) is 0 Å². The Labute approximate surface area is 118 Å². The van der Waals surface area contributed by atoms with E-state index < -0.39 is 0 Å². The zero-order valence-corrected chi connectivity index (χ0v) is 11.7. The second-order valence-electron chi connectivity index (χ2n) is 3.73. The number of fused-ring (bicyclic) bond motifs is 1. The molecular weight excluding hydrogens is 284 g/mol. The van der Waals surface area contributed by atoms with Crippen molar-refractivity contribution in [3.8, 4) is 0 Å². The molecule has 0 saturated carbocycles. The molecule has 1 aromatic carbocycles. The molecule has 0 N–H and O–H groups in total. The minimum absolute atomic E-state index is 0.531. The van der Waals surface area contributed by atoms with Crippen LogP contribution < -0.4 is 0 Å². The minimum atomic E-state index is 0.531. The summed E-state index contributed by atoms with van der Waals surface area (Å²) in [6, 6.07) is 12.0. The van der Waals surface area contributed by atoms with Crippen LogP contribution in [0.2, 0.25) is 5.15 Å². The second kappa shape index (κ2) is 5.26. The minimum Gasteiger partial charge on any atom is -0.244 e. The second-order valence-corrected chi connectivity index (χ2v) is 6.37. The van der Waals surface area contributed by atoms with Crippen LogP contribution in [0.3, 0.4) is 0 Å². The lowest BCUT2D eigenvalue weighted by Gasteiger charge is -1.97. The maximum atomic E-state index is 5.75. The largest absolute Gasteiger partial charge is 0.244 e. The number of hydrogen-bond donors (Lipinski definition) is 0. The van der Waals surface area contributed by atoms with Crippen molar-refractivity contribution in [3.05, 3.63) is 53.3 Å². The average Bonchev–Trinajstić information content (AvgIpc) is 2.81. The van der Waals surface area contributed by atoms with Gasteiger partial charge in [-0.3, -0.25) is 0 Å². The first-order valence-electron chi connectivity index (χ1n) is 5.40. The first-order chi connectivity index (χ1) is 8.81. The van der Waals surface area contributed by atoms with E-state index in [-0.39, 0.29) is 0 Å². The Morgan fingerprint density at radius 3 is 2.83 bits per heavy atom. The molecule has 2 heterocycles. The van der Waals surface area contributed by atoms with Crippen molar-refractivity contribution in [1.82, 2.24) is 9.97 Å². The molecule has 0 radical (unpaired) electrons. The van der Waals surface area contributed by atoms with Crippen molar-refractivity contribution < 1.29 is 0 Å². The van der Waals surface area contributed by atoms with E-state index in [2.05, 4.69) is 16.0 Å². The summed E-state index contributed by atoms with van der Waals surface area (Å²) in [7, 11) is 0. The molecule has 2 nitrogen and oxygen atoms in total. The smallest absolute Gasteiger partial charge is 0.151 e. The number of rotatable bonds is 3. The molecule has 0 atom stereocenters. The third-order valence-corrected chi connectivity index (χ3v) is 4.90. The van der Waals surface area contributed by atoms with Crippen molar-refractivity contribution in [2.24, 2.45) is 0 Å². The molecule has 3 aromatic rings. The number of para-hydroxylation sites is 1. The highest BCUT2D eigenvalue weighted by Crippen LogP contribution is 2.31. The molecule has 0 aliphatic carbocycles. The number of thiazole rings is 1. The Morgan fingerprint density at radius 2 is 2.06 bits per heavy atom. The van der Waals surface area contributed by atoms with Gasteiger partial charge in [0.1, 0.15) is 5.15 Å². The van der Waals surface area contributed by atoms with Gasteiger partial charge in [-0.05, 0) is 23.8 Å². The molecule has 2 aromatic heterocycles. The van der Waals surface area contributed by atoms with E-state index in [1.165, 1.54) is 4.70 Å². The van der Waals surface area contributed by atoms with Gasteiger partial charge < -0.3 is 0 Å². The number of pyridine rings is 1. The molecule has 5 heteroatoms. The third-order valence-electron chi connectivity index (χ3n) is 2.43. The SMILES string of the molecule is Clc1ccc(CSc2nc3ccccc3s2)cn1. The van der Waals surface area contributed by atoms with Crippen LogP contribution in [0.15, 0.2) is 46.9 Å². The number of benzene rings is 1. The zero-order chi connectivity index (χ0) is 12.4. The van der Waals surface area contributed by atoms with Crippen LogP contribution in [-0.4, -0.2) is 9.97 Å². The molecule has 0 bridgehead atoms. The van der Waals surface area contributed by atoms with Crippen LogP contribution in [0.1, 0.15) is 5.56 Å². The fourth-order valence-corrected chi connectivity index (χ4v) is 3.66. The van der Waals surface area contributed by atoms with E-state index in [1.807, 2.05) is 36.5 Å². The Hall–Kier alpha value is -1.10. The van der Waals surface area contributed by atoms with E-state index in [4.69, 9.17) is 11.6 Å². The van der Waals surface area contributed by atoms with Crippen LogP contribution in [0.25, 0.3) is 10.2 Å². The van der Waals surface area contributed by atoms with E-state index in [0.717, 1.165) is 21.2 Å². The molecule has 90 valence electrons. The van der Waals surface area contributed by atoms with Crippen molar-refractivity contribution >= 4 is 44.9 Å². The van der Waals surface area contributed by atoms with Gasteiger partial charge in [-0.1, -0.05) is 41.6 Å². The Bertz CT molecular complexity index is 631. The molecule has 0 amide bonds. The molecule has 3 rings (SSSR count). The summed E-state index contributed by atoms with van der Waals surface area (Å²) in [5.41, 5.74) is 2.22. The van der Waals surface area contributed by atoms with Crippen LogP contribution in [0.5, 0.6) is 0 Å². The maximum absolute atomic E-state index is 5.75. The summed E-state index contributed by atoms with van der Waals surface area (Å²) in [6.07, 6.45) is 1.81. The van der Waals surface area contributed by atoms with E-state index >= 15 is 0 Å². The van der Waals surface area contributed by atoms with Gasteiger partial charge in [0.25, 0.3) is 0 Å². The highest BCUT2D eigenvalue weighted by molar-refractivity contribution is 8.00. The lowest BCUT2D eigenvalue weighted by atomic mass is 10.3. The van der Waals surface area contributed by atoms with Crippen molar-refractivity contribution in [2.45, 2.75) is 10.1 Å². The molecule has 0 fully saturated rings. The zero-order valence-electron chi connectivity index (χ0n) is 9.34. The lowest BCUT2D eigenvalue weighted by molar-refractivity contribution is 1.24. The summed E-state index contributed by atoms with van der Waals surface area (Å²) in [5, 5.41) is 0.531. The van der Waals surface area contributed by atoms with E-state index in [0.29, 0.717) is 5.15 Å². The summed E-state index contributed by atoms with van der Waals surface area (Å²) >= 11 is 9.21. The van der Waals surface area contributed by atoms with Crippen LogP contribution in [0, 0.1) is 0 Å². The van der Waals surface area contributed by atoms with Gasteiger partial charge in [0.05, 0.1) is 10.2 Å². The molecule has 0 aliphatic heterocycles. The van der Waals surface area contributed by atoms with Gasteiger partial charge in [0.15, 0.2) is 4.34 Å². The Kier molecular flexibility index (Phi) is 3.50. The fourth-order valence-electron chi connectivity index (χ4n) is 1.55. The van der Waals surface area contributed by atoms with Crippen LogP contribution in [0.4, 0.5) is 0 Å². The van der Waals surface area contributed by atoms with Crippen LogP contribution >= 0.6 is 34.7 Å². The van der Waals surface area contributed by atoms with Crippen molar-refractivity contribution in [2.75, 3.05) is 0 Å². The first kappa shape index (κ1) is 12.0.